The number of non-ortho nitro benzene ring substituents is 1. The second kappa shape index (κ2) is 7.43. The summed E-state index contributed by atoms with van der Waals surface area (Å²) in [6.45, 7) is 1.56. The molecule has 0 aromatic heterocycles. The van der Waals surface area contributed by atoms with Crippen LogP contribution in [-0.2, 0) is 4.79 Å². The minimum atomic E-state index is -0.826. The summed E-state index contributed by atoms with van der Waals surface area (Å²) >= 11 is 9.25. The van der Waals surface area contributed by atoms with Crippen LogP contribution in [0.1, 0.15) is 6.92 Å². The van der Waals surface area contributed by atoms with Crippen molar-refractivity contribution in [2.24, 2.45) is 0 Å². The van der Waals surface area contributed by atoms with E-state index in [4.69, 9.17) is 16.3 Å². The Balaban J connectivity index is 2.05. The zero-order chi connectivity index (χ0) is 17.0. The van der Waals surface area contributed by atoms with Gasteiger partial charge >= 0.3 is 0 Å². The Hall–Kier alpha value is -2.12. The van der Waals surface area contributed by atoms with Crippen molar-refractivity contribution >= 4 is 44.8 Å². The van der Waals surface area contributed by atoms with Gasteiger partial charge in [0.1, 0.15) is 5.75 Å². The summed E-state index contributed by atoms with van der Waals surface area (Å²) in [5, 5.41) is 13.4. The number of nitro groups is 1. The summed E-state index contributed by atoms with van der Waals surface area (Å²) < 4.78 is 6.30. The van der Waals surface area contributed by atoms with Gasteiger partial charge in [0.15, 0.2) is 6.10 Å². The third-order valence-corrected chi connectivity index (χ3v) is 3.68. The number of hydrogen-bond donors (Lipinski definition) is 1. The predicted octanol–water partition coefficient (Wildman–Crippen LogP) is 4.42. The molecule has 0 aliphatic rings. The van der Waals surface area contributed by atoms with Crippen molar-refractivity contribution in [2.45, 2.75) is 13.0 Å². The highest BCUT2D eigenvalue weighted by atomic mass is 79.9. The molecule has 2 aromatic carbocycles. The van der Waals surface area contributed by atoms with Gasteiger partial charge in [-0.1, -0.05) is 33.6 Å². The van der Waals surface area contributed by atoms with Crippen LogP contribution in [0.4, 0.5) is 11.4 Å². The van der Waals surface area contributed by atoms with Crippen LogP contribution in [0, 0.1) is 10.1 Å². The average molecular weight is 400 g/mol. The zero-order valence-electron chi connectivity index (χ0n) is 12.0. The molecule has 1 atom stereocenters. The number of carbonyl (C=O) groups excluding carboxylic acids is 1. The third kappa shape index (κ3) is 4.67. The number of nitrogens with one attached hydrogen (secondary N) is 1. The van der Waals surface area contributed by atoms with Gasteiger partial charge in [-0.15, -0.1) is 0 Å². The second-order valence-electron chi connectivity index (χ2n) is 4.63. The molecule has 0 heterocycles. The molecular weight excluding hydrogens is 388 g/mol. The fourth-order valence-electron chi connectivity index (χ4n) is 1.75. The summed E-state index contributed by atoms with van der Waals surface area (Å²) in [5.74, 6) is -0.160. The molecule has 0 aliphatic carbocycles. The first kappa shape index (κ1) is 17.2. The van der Waals surface area contributed by atoms with Crippen molar-refractivity contribution in [1.29, 1.82) is 0 Å². The average Bonchev–Trinajstić information content (AvgIpc) is 2.49. The number of ether oxygens (including phenoxy) is 1. The Labute approximate surface area is 145 Å². The molecule has 0 unspecified atom stereocenters. The first-order valence-corrected chi connectivity index (χ1v) is 7.71. The van der Waals surface area contributed by atoms with Crippen LogP contribution < -0.4 is 10.1 Å². The fourth-order valence-corrected chi connectivity index (χ4v) is 2.37. The maximum Gasteiger partial charge on any atom is 0.271 e. The summed E-state index contributed by atoms with van der Waals surface area (Å²) in [6, 6.07) is 10.9. The first-order valence-electron chi connectivity index (χ1n) is 6.54. The van der Waals surface area contributed by atoms with Crippen molar-refractivity contribution in [2.75, 3.05) is 5.32 Å². The fraction of sp³-hybridized carbons (Fsp3) is 0.133. The molecule has 1 N–H and O–H groups in total. The highest BCUT2D eigenvalue weighted by Gasteiger charge is 2.18. The lowest BCUT2D eigenvalue weighted by molar-refractivity contribution is -0.384. The molecular formula is C15H12BrClN2O4. The van der Waals surface area contributed by atoms with E-state index in [-0.39, 0.29) is 22.4 Å². The maximum atomic E-state index is 12.1. The van der Waals surface area contributed by atoms with Gasteiger partial charge < -0.3 is 10.1 Å². The highest BCUT2D eigenvalue weighted by Crippen LogP contribution is 2.29. The van der Waals surface area contributed by atoms with E-state index in [1.165, 1.54) is 18.2 Å². The van der Waals surface area contributed by atoms with Gasteiger partial charge in [0.25, 0.3) is 11.6 Å². The normalized spacial score (nSPS) is 11.6. The van der Waals surface area contributed by atoms with Gasteiger partial charge in [-0.05, 0) is 31.2 Å². The van der Waals surface area contributed by atoms with Gasteiger partial charge in [-0.25, -0.2) is 0 Å². The summed E-state index contributed by atoms with van der Waals surface area (Å²) in [4.78, 5) is 22.2. The Morgan fingerprint density at radius 3 is 2.70 bits per heavy atom. The van der Waals surface area contributed by atoms with Crippen LogP contribution in [0.25, 0.3) is 0 Å². The largest absolute Gasteiger partial charge is 0.479 e. The smallest absolute Gasteiger partial charge is 0.271 e. The summed E-state index contributed by atoms with van der Waals surface area (Å²) in [7, 11) is 0. The molecule has 8 heteroatoms. The molecule has 6 nitrogen and oxygen atoms in total. The van der Waals surface area contributed by atoms with E-state index in [0.717, 1.165) is 4.47 Å². The standard InChI is InChI=1S/C15H12BrClN2O4/c1-9(15(20)18-11-4-2-3-10(16)7-11)23-14-6-5-12(19(21)22)8-13(14)17/h2-9H,1H3,(H,18,20)/t9-/m1/s1. The van der Waals surface area contributed by atoms with E-state index in [0.29, 0.717) is 5.69 Å². The predicted molar refractivity (Wildman–Crippen MR) is 91.0 cm³/mol. The number of benzene rings is 2. The lowest BCUT2D eigenvalue weighted by atomic mass is 10.3. The van der Waals surface area contributed by atoms with Crippen LogP contribution >= 0.6 is 27.5 Å². The lowest BCUT2D eigenvalue weighted by Gasteiger charge is -2.15. The Kier molecular flexibility index (Phi) is 5.57. The summed E-state index contributed by atoms with van der Waals surface area (Å²) in [6.07, 6.45) is -0.826. The number of rotatable bonds is 5. The van der Waals surface area contributed by atoms with Crippen LogP contribution in [0.2, 0.25) is 5.02 Å². The van der Waals surface area contributed by atoms with Crippen molar-refractivity contribution in [3.63, 3.8) is 0 Å². The number of anilines is 1. The van der Waals surface area contributed by atoms with E-state index in [2.05, 4.69) is 21.2 Å². The van der Waals surface area contributed by atoms with Gasteiger partial charge in [0.2, 0.25) is 0 Å². The van der Waals surface area contributed by atoms with Crippen molar-refractivity contribution < 1.29 is 14.5 Å². The lowest BCUT2D eigenvalue weighted by Crippen LogP contribution is -2.30. The molecule has 0 saturated heterocycles. The molecule has 0 spiro atoms. The Morgan fingerprint density at radius 2 is 2.09 bits per heavy atom. The second-order valence-corrected chi connectivity index (χ2v) is 5.95. The molecule has 2 aromatic rings. The van der Waals surface area contributed by atoms with Crippen molar-refractivity contribution in [3.05, 3.63) is 62.1 Å². The Morgan fingerprint density at radius 1 is 1.35 bits per heavy atom. The number of carbonyl (C=O) groups is 1. The molecule has 0 saturated carbocycles. The molecule has 2 rings (SSSR count). The van der Waals surface area contributed by atoms with Crippen molar-refractivity contribution in [3.8, 4) is 5.75 Å². The van der Waals surface area contributed by atoms with Crippen LogP contribution in [-0.4, -0.2) is 16.9 Å². The van der Waals surface area contributed by atoms with E-state index in [9.17, 15) is 14.9 Å². The molecule has 0 aliphatic heterocycles. The van der Waals surface area contributed by atoms with Gasteiger partial charge in [-0.3, -0.25) is 14.9 Å². The quantitative estimate of drug-likeness (QED) is 0.596. The maximum absolute atomic E-state index is 12.1. The number of halogens is 2. The van der Waals surface area contributed by atoms with Crippen LogP contribution in [0.3, 0.4) is 0 Å². The first-order chi connectivity index (χ1) is 10.9. The minimum Gasteiger partial charge on any atom is -0.479 e. The van der Waals surface area contributed by atoms with Crippen molar-refractivity contribution in [1.82, 2.24) is 0 Å². The van der Waals surface area contributed by atoms with E-state index in [1.807, 2.05) is 6.07 Å². The van der Waals surface area contributed by atoms with Gasteiger partial charge in [0.05, 0.1) is 9.95 Å². The topological polar surface area (TPSA) is 81.5 Å². The molecule has 23 heavy (non-hydrogen) atoms. The Bertz CT molecular complexity index is 754. The van der Waals surface area contributed by atoms with Gasteiger partial charge in [-0.2, -0.15) is 0 Å². The molecule has 0 fully saturated rings. The van der Waals surface area contributed by atoms with Gasteiger partial charge in [0, 0.05) is 22.3 Å². The minimum absolute atomic E-state index is 0.0707. The zero-order valence-corrected chi connectivity index (χ0v) is 14.3. The van der Waals surface area contributed by atoms with E-state index in [1.54, 1.807) is 25.1 Å². The van der Waals surface area contributed by atoms with E-state index < -0.39 is 11.0 Å². The van der Waals surface area contributed by atoms with Crippen LogP contribution in [0.15, 0.2) is 46.9 Å². The molecule has 1 amide bonds. The number of nitro benzene ring substituents is 1. The van der Waals surface area contributed by atoms with E-state index >= 15 is 0 Å². The number of amides is 1. The number of hydrogen-bond acceptors (Lipinski definition) is 4. The molecule has 0 radical (unpaired) electrons. The van der Waals surface area contributed by atoms with Crippen LogP contribution in [0.5, 0.6) is 5.75 Å². The SMILES string of the molecule is C[C@@H](Oc1ccc([N+](=O)[O-])cc1Cl)C(=O)Nc1cccc(Br)c1. The third-order valence-electron chi connectivity index (χ3n) is 2.89. The number of nitrogens with zero attached hydrogens (tertiary/aromatic N) is 1. The monoisotopic (exact) mass is 398 g/mol. The molecule has 120 valence electrons. The highest BCUT2D eigenvalue weighted by molar-refractivity contribution is 9.10. The molecule has 0 bridgehead atoms. The summed E-state index contributed by atoms with van der Waals surface area (Å²) in [5.41, 5.74) is 0.475.